The monoisotopic (exact) mass is 423 g/mol. The van der Waals surface area contributed by atoms with Crippen molar-refractivity contribution in [1.29, 1.82) is 0 Å². The van der Waals surface area contributed by atoms with Crippen molar-refractivity contribution in [3.63, 3.8) is 0 Å². The van der Waals surface area contributed by atoms with E-state index in [0.717, 1.165) is 16.8 Å². The molecule has 9 heteroatoms. The minimum atomic E-state index is -0.0742. The molecule has 0 fully saturated rings. The van der Waals surface area contributed by atoms with Crippen molar-refractivity contribution in [3.8, 4) is 0 Å². The van der Waals surface area contributed by atoms with Gasteiger partial charge in [-0.2, -0.15) is 10.1 Å². The molecule has 3 rings (SSSR count). The lowest BCUT2D eigenvalue weighted by Crippen LogP contribution is -2.28. The Labute approximate surface area is 180 Å². The molecule has 0 unspecified atom stereocenters. The molecule has 0 spiro atoms. The van der Waals surface area contributed by atoms with Crippen molar-refractivity contribution in [2.75, 3.05) is 30.2 Å². The highest BCUT2D eigenvalue weighted by Gasteiger charge is 2.11. The van der Waals surface area contributed by atoms with Crippen LogP contribution in [0.15, 0.2) is 64.9 Å². The number of hydrogen-bond acceptors (Lipinski definition) is 7. The zero-order valence-electron chi connectivity index (χ0n) is 17.2. The van der Waals surface area contributed by atoms with Gasteiger partial charge in [0.2, 0.25) is 17.0 Å². The Morgan fingerprint density at radius 1 is 1.20 bits per heavy atom. The van der Waals surface area contributed by atoms with Crippen LogP contribution in [0.3, 0.4) is 0 Å². The van der Waals surface area contributed by atoms with Gasteiger partial charge in [0.05, 0.1) is 18.0 Å². The maximum absolute atomic E-state index is 12.2. The molecule has 1 amide bonds. The van der Waals surface area contributed by atoms with Crippen molar-refractivity contribution in [3.05, 3.63) is 65.7 Å². The van der Waals surface area contributed by atoms with Crippen LogP contribution in [-0.2, 0) is 4.79 Å². The third-order valence-corrected chi connectivity index (χ3v) is 5.12. The Morgan fingerprint density at radius 3 is 2.63 bits per heavy atom. The molecule has 0 aliphatic carbocycles. The fraction of sp³-hybridized carbons (Fsp3) is 0.238. The molecule has 1 atom stereocenters. The molecule has 30 heavy (non-hydrogen) atoms. The largest absolute Gasteiger partial charge is 0.378 e. The summed E-state index contributed by atoms with van der Waals surface area (Å²) in [4.78, 5) is 18.5. The number of anilines is 2. The summed E-state index contributed by atoms with van der Waals surface area (Å²) in [5, 5.41) is 14.5. The van der Waals surface area contributed by atoms with E-state index in [9.17, 15) is 4.79 Å². The number of aromatic amines is 1. The minimum absolute atomic E-state index is 0.0511. The van der Waals surface area contributed by atoms with E-state index in [1.165, 1.54) is 11.8 Å². The number of H-pyrrole nitrogens is 1. The van der Waals surface area contributed by atoms with E-state index >= 15 is 0 Å². The SMILES string of the molecule is C[C@@H](NC(=O)CSc1n[nH]c(N/N=C\c2ccc(N(C)C)cc2)n1)c1ccccc1. The summed E-state index contributed by atoms with van der Waals surface area (Å²) < 4.78 is 0. The molecule has 3 N–H and O–H groups in total. The van der Waals surface area contributed by atoms with Gasteiger partial charge in [0.25, 0.3) is 0 Å². The summed E-state index contributed by atoms with van der Waals surface area (Å²) in [7, 11) is 4.00. The lowest BCUT2D eigenvalue weighted by atomic mass is 10.1. The quantitative estimate of drug-likeness (QED) is 0.278. The Morgan fingerprint density at radius 2 is 1.93 bits per heavy atom. The zero-order chi connectivity index (χ0) is 21.3. The molecular weight excluding hydrogens is 398 g/mol. The third-order valence-electron chi connectivity index (χ3n) is 4.27. The number of carbonyl (C=O) groups is 1. The molecule has 0 bridgehead atoms. The second kappa shape index (κ2) is 10.4. The van der Waals surface area contributed by atoms with Gasteiger partial charge in [-0.25, -0.2) is 10.5 Å². The first-order chi connectivity index (χ1) is 14.5. The van der Waals surface area contributed by atoms with E-state index in [4.69, 9.17) is 0 Å². The number of carbonyl (C=O) groups excluding carboxylic acids is 1. The number of aromatic nitrogens is 3. The number of hydrogen-bond donors (Lipinski definition) is 3. The molecule has 1 aromatic heterocycles. The molecule has 156 valence electrons. The van der Waals surface area contributed by atoms with Gasteiger partial charge in [-0.3, -0.25) is 4.79 Å². The number of hydrazone groups is 1. The molecule has 0 radical (unpaired) electrons. The van der Waals surface area contributed by atoms with Gasteiger partial charge in [-0.1, -0.05) is 54.2 Å². The summed E-state index contributed by atoms with van der Waals surface area (Å²) >= 11 is 1.26. The summed E-state index contributed by atoms with van der Waals surface area (Å²) in [6, 6.07) is 17.8. The number of thioether (sulfide) groups is 1. The van der Waals surface area contributed by atoms with E-state index in [0.29, 0.717) is 11.1 Å². The zero-order valence-corrected chi connectivity index (χ0v) is 18.0. The van der Waals surface area contributed by atoms with Crippen molar-refractivity contribution < 1.29 is 4.79 Å². The Kier molecular flexibility index (Phi) is 7.45. The van der Waals surface area contributed by atoms with Crippen LogP contribution in [-0.4, -0.2) is 47.2 Å². The number of nitrogens with one attached hydrogen (secondary N) is 3. The maximum Gasteiger partial charge on any atom is 0.240 e. The molecule has 0 aliphatic rings. The average molecular weight is 424 g/mol. The summed E-state index contributed by atoms with van der Waals surface area (Å²) in [5.41, 5.74) is 5.96. The van der Waals surface area contributed by atoms with E-state index in [2.05, 4.69) is 31.0 Å². The summed E-state index contributed by atoms with van der Waals surface area (Å²) in [6.07, 6.45) is 1.70. The van der Waals surface area contributed by atoms with Crippen LogP contribution in [0.1, 0.15) is 24.1 Å². The Hall–Kier alpha value is -3.33. The van der Waals surface area contributed by atoms with E-state index in [1.54, 1.807) is 6.21 Å². The fourth-order valence-corrected chi connectivity index (χ4v) is 3.24. The molecule has 8 nitrogen and oxygen atoms in total. The smallest absolute Gasteiger partial charge is 0.240 e. The lowest BCUT2D eigenvalue weighted by Gasteiger charge is -2.13. The molecule has 2 aromatic carbocycles. The standard InChI is InChI=1S/C21H25N7OS/c1-15(17-7-5-4-6-8-17)23-19(29)14-30-21-24-20(26-27-21)25-22-13-16-9-11-18(12-10-16)28(2)3/h4-13,15H,14H2,1-3H3,(H,23,29)(H2,24,25,26,27)/b22-13-/t15-/m1/s1. The third kappa shape index (κ3) is 6.35. The lowest BCUT2D eigenvalue weighted by molar-refractivity contribution is -0.119. The van der Waals surface area contributed by atoms with Crippen LogP contribution in [0, 0.1) is 0 Å². The van der Waals surface area contributed by atoms with Crippen LogP contribution < -0.4 is 15.6 Å². The fourth-order valence-electron chi connectivity index (χ4n) is 2.63. The van der Waals surface area contributed by atoms with Crippen molar-refractivity contribution in [2.45, 2.75) is 18.1 Å². The minimum Gasteiger partial charge on any atom is -0.378 e. The van der Waals surface area contributed by atoms with Crippen molar-refractivity contribution in [1.82, 2.24) is 20.5 Å². The molecule has 0 saturated heterocycles. The number of benzene rings is 2. The topological polar surface area (TPSA) is 98.3 Å². The summed E-state index contributed by atoms with van der Waals surface area (Å²) in [6.45, 7) is 1.96. The van der Waals surface area contributed by atoms with Gasteiger partial charge >= 0.3 is 0 Å². The predicted octanol–water partition coefficient (Wildman–Crippen LogP) is 3.29. The van der Waals surface area contributed by atoms with Gasteiger partial charge in [-0.05, 0) is 30.2 Å². The molecule has 1 heterocycles. The second-order valence-electron chi connectivity index (χ2n) is 6.81. The highest BCUT2D eigenvalue weighted by molar-refractivity contribution is 7.99. The van der Waals surface area contributed by atoms with Crippen molar-refractivity contribution >= 4 is 35.5 Å². The Balaban J connectivity index is 1.44. The van der Waals surface area contributed by atoms with Crippen LogP contribution in [0.5, 0.6) is 0 Å². The molecular formula is C21H25N7OS. The van der Waals surface area contributed by atoms with Gasteiger partial charge < -0.3 is 10.2 Å². The Bertz CT molecular complexity index is 971. The van der Waals surface area contributed by atoms with Gasteiger partial charge in [0.1, 0.15) is 0 Å². The van der Waals surface area contributed by atoms with Gasteiger partial charge in [0, 0.05) is 19.8 Å². The van der Waals surface area contributed by atoms with Crippen molar-refractivity contribution in [2.24, 2.45) is 5.10 Å². The van der Waals surface area contributed by atoms with Crippen LogP contribution >= 0.6 is 11.8 Å². The maximum atomic E-state index is 12.2. The normalized spacial score (nSPS) is 12.0. The van der Waals surface area contributed by atoms with E-state index in [-0.39, 0.29) is 17.7 Å². The first-order valence-corrected chi connectivity index (χ1v) is 10.5. The van der Waals surface area contributed by atoms with Gasteiger partial charge in [-0.15, -0.1) is 5.10 Å². The number of nitrogens with zero attached hydrogens (tertiary/aromatic N) is 4. The highest BCUT2D eigenvalue weighted by atomic mass is 32.2. The second-order valence-corrected chi connectivity index (χ2v) is 7.75. The van der Waals surface area contributed by atoms with Crippen LogP contribution in [0.2, 0.25) is 0 Å². The first-order valence-electron chi connectivity index (χ1n) is 9.47. The predicted molar refractivity (Wildman–Crippen MR) is 122 cm³/mol. The summed E-state index contributed by atoms with van der Waals surface area (Å²) in [5.74, 6) is 0.572. The number of rotatable bonds is 9. The van der Waals surface area contributed by atoms with Gasteiger partial charge in [0.15, 0.2) is 0 Å². The average Bonchev–Trinajstić information content (AvgIpc) is 3.21. The molecule has 3 aromatic rings. The van der Waals surface area contributed by atoms with E-state index in [1.807, 2.05) is 80.5 Å². The van der Waals surface area contributed by atoms with Crippen LogP contribution in [0.25, 0.3) is 0 Å². The number of amides is 1. The highest BCUT2D eigenvalue weighted by Crippen LogP contribution is 2.16. The molecule has 0 saturated carbocycles. The molecule has 0 aliphatic heterocycles. The van der Waals surface area contributed by atoms with E-state index < -0.39 is 0 Å². The van der Waals surface area contributed by atoms with Crippen LogP contribution in [0.4, 0.5) is 11.6 Å². The first kappa shape index (κ1) is 21.4.